The second-order valence-electron chi connectivity index (χ2n) is 6.03. The van der Waals surface area contributed by atoms with Crippen molar-refractivity contribution in [2.24, 2.45) is 11.8 Å². The molecule has 3 aliphatic heterocycles. The lowest BCUT2D eigenvalue weighted by Gasteiger charge is -2.24. The maximum atomic E-state index is 12.8. The molecule has 3 heterocycles. The van der Waals surface area contributed by atoms with E-state index in [9.17, 15) is 19.7 Å². The Morgan fingerprint density at radius 1 is 1.35 bits per heavy atom. The SMILES string of the molecule is C[C@]12C=C[C@H](O1)[C@@H]1C(=O)N(c3ccc(Cl)cc3[N+](=O)[O-])C(=O)[C@@H]12. The molecule has 0 N–H and O–H groups in total. The highest BCUT2D eigenvalue weighted by Crippen LogP contribution is 2.53. The molecule has 0 unspecified atom stereocenters. The number of carbonyl (C=O) groups excluding carboxylic acids is 2. The van der Waals surface area contributed by atoms with Crippen LogP contribution in [-0.4, -0.2) is 28.4 Å². The maximum absolute atomic E-state index is 12.8. The fraction of sp³-hybridized carbons (Fsp3) is 0.333. The molecular formula is C15H11ClN2O5. The predicted molar refractivity (Wildman–Crippen MR) is 80.0 cm³/mol. The molecule has 0 aliphatic carbocycles. The molecule has 0 aromatic heterocycles. The van der Waals surface area contributed by atoms with Gasteiger partial charge in [0.15, 0.2) is 0 Å². The van der Waals surface area contributed by atoms with Crippen LogP contribution in [0.4, 0.5) is 11.4 Å². The van der Waals surface area contributed by atoms with E-state index in [4.69, 9.17) is 16.3 Å². The lowest BCUT2D eigenvalue weighted by atomic mass is 9.78. The third-order valence-corrected chi connectivity index (χ3v) is 4.94. The maximum Gasteiger partial charge on any atom is 0.294 e. The highest BCUT2D eigenvalue weighted by molar-refractivity contribution is 6.31. The summed E-state index contributed by atoms with van der Waals surface area (Å²) in [6.45, 7) is 1.75. The summed E-state index contributed by atoms with van der Waals surface area (Å²) >= 11 is 5.79. The summed E-state index contributed by atoms with van der Waals surface area (Å²) < 4.78 is 5.71. The van der Waals surface area contributed by atoms with E-state index in [1.807, 2.05) is 0 Å². The Morgan fingerprint density at radius 2 is 2.09 bits per heavy atom. The van der Waals surface area contributed by atoms with Crippen LogP contribution < -0.4 is 4.90 Å². The number of fused-ring (bicyclic) bond motifs is 5. The molecule has 0 radical (unpaired) electrons. The number of nitro benzene ring substituents is 1. The van der Waals surface area contributed by atoms with E-state index in [2.05, 4.69) is 0 Å². The van der Waals surface area contributed by atoms with E-state index >= 15 is 0 Å². The van der Waals surface area contributed by atoms with Crippen molar-refractivity contribution in [3.8, 4) is 0 Å². The summed E-state index contributed by atoms with van der Waals surface area (Å²) in [5, 5.41) is 11.4. The minimum Gasteiger partial charge on any atom is -0.362 e. The van der Waals surface area contributed by atoms with Crippen LogP contribution >= 0.6 is 11.6 Å². The second-order valence-corrected chi connectivity index (χ2v) is 6.47. The van der Waals surface area contributed by atoms with E-state index in [1.165, 1.54) is 12.1 Å². The van der Waals surface area contributed by atoms with Crippen molar-refractivity contribution in [1.82, 2.24) is 0 Å². The third kappa shape index (κ3) is 1.74. The fourth-order valence-electron chi connectivity index (χ4n) is 3.72. The van der Waals surface area contributed by atoms with Crippen LogP contribution in [0.15, 0.2) is 30.4 Å². The molecule has 4 atom stereocenters. The number of halogens is 1. The standard InChI is InChI=1S/C15H11ClN2O5/c1-15-5-4-10(23-15)11-12(15)14(20)17(13(11)19)8-3-2-7(16)6-9(8)18(21)22/h2-6,10-12H,1H3/t10-,11-,12+,15+/m0/s1. The van der Waals surface area contributed by atoms with Crippen molar-refractivity contribution in [2.75, 3.05) is 4.90 Å². The Balaban J connectivity index is 1.83. The fourth-order valence-corrected chi connectivity index (χ4v) is 3.89. The molecule has 23 heavy (non-hydrogen) atoms. The molecule has 7 nitrogen and oxygen atoms in total. The molecule has 1 aromatic carbocycles. The quantitative estimate of drug-likeness (QED) is 0.357. The van der Waals surface area contributed by atoms with Crippen LogP contribution in [0.2, 0.25) is 5.02 Å². The number of nitro groups is 1. The van der Waals surface area contributed by atoms with Gasteiger partial charge in [-0.15, -0.1) is 0 Å². The van der Waals surface area contributed by atoms with Gasteiger partial charge in [0.25, 0.3) is 5.69 Å². The minimum absolute atomic E-state index is 0.0493. The van der Waals surface area contributed by atoms with Gasteiger partial charge in [-0.3, -0.25) is 19.7 Å². The topological polar surface area (TPSA) is 89.8 Å². The van der Waals surface area contributed by atoms with Gasteiger partial charge < -0.3 is 4.74 Å². The molecule has 2 saturated heterocycles. The Bertz CT molecular complexity index is 807. The van der Waals surface area contributed by atoms with Crippen LogP contribution in [-0.2, 0) is 14.3 Å². The highest BCUT2D eigenvalue weighted by Gasteiger charge is 2.66. The molecule has 0 saturated carbocycles. The summed E-state index contributed by atoms with van der Waals surface area (Å²) in [7, 11) is 0. The normalized spacial score (nSPS) is 34.3. The second kappa shape index (κ2) is 4.39. The monoisotopic (exact) mass is 334 g/mol. The number of carbonyl (C=O) groups is 2. The number of hydrogen-bond donors (Lipinski definition) is 0. The van der Waals surface area contributed by atoms with Crippen molar-refractivity contribution in [3.05, 3.63) is 45.5 Å². The Hall–Kier alpha value is -2.25. The number of imide groups is 1. The first-order chi connectivity index (χ1) is 10.8. The minimum atomic E-state index is -0.835. The molecule has 2 fully saturated rings. The number of benzene rings is 1. The van der Waals surface area contributed by atoms with Crippen LogP contribution in [0.5, 0.6) is 0 Å². The van der Waals surface area contributed by atoms with Crippen LogP contribution in [0.1, 0.15) is 6.92 Å². The van der Waals surface area contributed by atoms with Gasteiger partial charge in [-0.2, -0.15) is 0 Å². The molecular weight excluding hydrogens is 324 g/mol. The summed E-state index contributed by atoms with van der Waals surface area (Å²) in [4.78, 5) is 37.0. The zero-order chi connectivity index (χ0) is 16.5. The van der Waals surface area contributed by atoms with Crippen molar-refractivity contribution in [1.29, 1.82) is 0 Å². The van der Waals surface area contributed by atoms with E-state index in [-0.39, 0.29) is 16.4 Å². The highest BCUT2D eigenvalue weighted by atomic mass is 35.5. The van der Waals surface area contributed by atoms with Crippen molar-refractivity contribution in [2.45, 2.75) is 18.6 Å². The average molecular weight is 335 g/mol. The van der Waals surface area contributed by atoms with E-state index < -0.39 is 40.3 Å². The average Bonchev–Trinajstić information content (AvgIpc) is 3.09. The smallest absolute Gasteiger partial charge is 0.294 e. The van der Waals surface area contributed by atoms with Crippen LogP contribution in [0.25, 0.3) is 0 Å². The van der Waals surface area contributed by atoms with Crippen molar-refractivity contribution in [3.63, 3.8) is 0 Å². The molecule has 118 valence electrons. The summed E-state index contributed by atoms with van der Waals surface area (Å²) in [6.07, 6.45) is 3.09. The van der Waals surface area contributed by atoms with Gasteiger partial charge in [-0.25, -0.2) is 4.90 Å². The predicted octanol–water partition coefficient (Wildman–Crippen LogP) is 2.08. The number of nitrogens with zero attached hydrogens (tertiary/aromatic N) is 2. The number of rotatable bonds is 2. The molecule has 2 amide bonds. The zero-order valence-electron chi connectivity index (χ0n) is 11.9. The lowest BCUT2D eigenvalue weighted by Crippen LogP contribution is -2.38. The molecule has 1 aromatic rings. The zero-order valence-corrected chi connectivity index (χ0v) is 12.7. The number of hydrogen-bond acceptors (Lipinski definition) is 5. The Morgan fingerprint density at radius 3 is 2.74 bits per heavy atom. The van der Waals surface area contributed by atoms with E-state index in [0.29, 0.717) is 0 Å². The largest absolute Gasteiger partial charge is 0.362 e. The molecule has 3 aliphatic rings. The first-order valence-electron chi connectivity index (χ1n) is 7.02. The van der Waals surface area contributed by atoms with E-state index in [1.54, 1.807) is 19.1 Å². The first kappa shape index (κ1) is 14.3. The van der Waals surface area contributed by atoms with Gasteiger partial charge in [-0.1, -0.05) is 23.8 Å². The Labute approximate surface area is 135 Å². The lowest BCUT2D eigenvalue weighted by molar-refractivity contribution is -0.384. The van der Waals surface area contributed by atoms with Crippen molar-refractivity contribution < 1.29 is 19.2 Å². The Kier molecular flexibility index (Phi) is 2.74. The van der Waals surface area contributed by atoms with Crippen LogP contribution in [0, 0.1) is 22.0 Å². The van der Waals surface area contributed by atoms with Gasteiger partial charge in [0.05, 0.1) is 28.5 Å². The number of ether oxygens (including phenoxy) is 1. The number of amides is 2. The molecule has 2 bridgehead atoms. The van der Waals surface area contributed by atoms with Gasteiger partial charge in [0, 0.05) is 11.1 Å². The van der Waals surface area contributed by atoms with Crippen LogP contribution in [0.3, 0.4) is 0 Å². The summed E-state index contributed by atoms with van der Waals surface area (Å²) in [5.41, 5.74) is -1.25. The molecule has 4 rings (SSSR count). The van der Waals surface area contributed by atoms with Gasteiger partial charge >= 0.3 is 0 Å². The first-order valence-corrected chi connectivity index (χ1v) is 7.40. The molecule has 0 spiro atoms. The summed E-state index contributed by atoms with van der Waals surface area (Å²) in [5.74, 6) is -2.23. The van der Waals surface area contributed by atoms with Crippen molar-refractivity contribution >= 4 is 34.8 Å². The molecule has 8 heteroatoms. The number of anilines is 1. The van der Waals surface area contributed by atoms with E-state index in [0.717, 1.165) is 11.0 Å². The summed E-state index contributed by atoms with van der Waals surface area (Å²) in [6, 6.07) is 3.88. The van der Waals surface area contributed by atoms with Gasteiger partial charge in [0.2, 0.25) is 11.8 Å². The third-order valence-electron chi connectivity index (χ3n) is 4.70. The van der Waals surface area contributed by atoms with Gasteiger partial charge in [0.1, 0.15) is 5.69 Å². The van der Waals surface area contributed by atoms with Gasteiger partial charge in [-0.05, 0) is 19.1 Å².